The van der Waals surface area contributed by atoms with Crippen LogP contribution in [0.25, 0.3) is 10.8 Å². The fourth-order valence-corrected chi connectivity index (χ4v) is 4.84. The first-order valence-corrected chi connectivity index (χ1v) is 10.0. The molecule has 0 atom stereocenters. The van der Waals surface area contributed by atoms with Gasteiger partial charge in [-0.2, -0.15) is 5.10 Å². The summed E-state index contributed by atoms with van der Waals surface area (Å²) >= 11 is 0. The zero-order chi connectivity index (χ0) is 19.3. The number of hydrogen-bond acceptors (Lipinski definition) is 3. The molecule has 1 heterocycles. The summed E-state index contributed by atoms with van der Waals surface area (Å²) in [6, 6.07) is 13.6. The maximum atomic E-state index is 13.3. The van der Waals surface area contributed by atoms with Gasteiger partial charge in [0.15, 0.2) is 0 Å². The van der Waals surface area contributed by atoms with Gasteiger partial charge in [0, 0.05) is 7.05 Å². The monoisotopic (exact) mass is 371 g/mol. The fourth-order valence-electron chi connectivity index (χ4n) is 3.30. The van der Waals surface area contributed by atoms with Gasteiger partial charge in [-0.05, 0) is 57.5 Å². The maximum absolute atomic E-state index is 13.3. The lowest BCUT2D eigenvalue weighted by molar-refractivity contribution is 0.345. The van der Waals surface area contributed by atoms with E-state index in [2.05, 4.69) is 5.10 Å². The van der Waals surface area contributed by atoms with Crippen LogP contribution in [0.3, 0.4) is 0 Å². The summed E-state index contributed by atoms with van der Waals surface area (Å²) in [7, 11) is -2.12. The van der Waals surface area contributed by atoms with Crippen molar-refractivity contribution in [2.75, 3.05) is 11.4 Å². The van der Waals surface area contributed by atoms with Crippen LogP contribution in [-0.2, 0) is 15.6 Å². The van der Waals surface area contributed by atoms with Crippen LogP contribution in [0.15, 0.2) is 47.4 Å². The Morgan fingerprint density at radius 1 is 1.00 bits per heavy atom. The van der Waals surface area contributed by atoms with Crippen molar-refractivity contribution < 1.29 is 8.42 Å². The summed E-state index contributed by atoms with van der Waals surface area (Å²) in [4.78, 5) is 0.281. The molecule has 5 nitrogen and oxygen atoms in total. The summed E-state index contributed by atoms with van der Waals surface area (Å²) in [6.07, 6.45) is 0. The van der Waals surface area contributed by atoms with Gasteiger partial charge in [0.25, 0.3) is 10.0 Å². The highest BCUT2D eigenvalue weighted by Crippen LogP contribution is 2.30. The molecular formula is C20H25N3O2S. The number of aryl methyl sites for hydroxylation is 1. The molecule has 3 aromatic rings. The molecule has 0 unspecified atom stereocenters. The quantitative estimate of drug-likeness (QED) is 0.692. The lowest BCUT2D eigenvalue weighted by Gasteiger charge is -2.23. The third kappa shape index (κ3) is 2.98. The number of nitrogens with zero attached hydrogens (tertiary/aromatic N) is 3. The number of fused-ring (bicyclic) bond motifs is 1. The zero-order valence-electron chi connectivity index (χ0n) is 16.1. The molecule has 138 valence electrons. The Morgan fingerprint density at radius 3 is 2.19 bits per heavy atom. The molecule has 2 aromatic carbocycles. The Kier molecular flexibility index (Phi) is 4.35. The van der Waals surface area contributed by atoms with E-state index in [-0.39, 0.29) is 10.4 Å². The van der Waals surface area contributed by atoms with Crippen molar-refractivity contribution in [3.8, 4) is 0 Å². The van der Waals surface area contributed by atoms with Gasteiger partial charge < -0.3 is 0 Å². The lowest BCUT2D eigenvalue weighted by Crippen LogP contribution is -2.28. The molecule has 0 amide bonds. The van der Waals surface area contributed by atoms with Crippen molar-refractivity contribution in [2.24, 2.45) is 0 Å². The Labute approximate surface area is 155 Å². The number of aromatic nitrogens is 2. The number of anilines is 1. The smallest absolute Gasteiger partial charge is 0.267 e. The first-order valence-electron chi connectivity index (χ1n) is 8.58. The van der Waals surface area contributed by atoms with Crippen LogP contribution in [0.4, 0.5) is 5.69 Å². The Morgan fingerprint density at radius 2 is 1.62 bits per heavy atom. The summed E-state index contributed by atoms with van der Waals surface area (Å²) in [6.45, 7) is 9.59. The first kappa shape index (κ1) is 18.5. The van der Waals surface area contributed by atoms with Crippen LogP contribution >= 0.6 is 0 Å². The molecule has 0 saturated carbocycles. The molecule has 0 radical (unpaired) electrons. The molecule has 6 heteroatoms. The van der Waals surface area contributed by atoms with E-state index in [9.17, 15) is 8.42 Å². The van der Waals surface area contributed by atoms with Gasteiger partial charge in [-0.15, -0.1) is 0 Å². The number of benzene rings is 2. The van der Waals surface area contributed by atoms with E-state index in [4.69, 9.17) is 0 Å². The Hall–Kier alpha value is -2.34. The Balaban J connectivity index is 2.11. The van der Waals surface area contributed by atoms with E-state index >= 15 is 0 Å². The molecule has 0 aliphatic carbocycles. The van der Waals surface area contributed by atoms with Crippen molar-refractivity contribution in [3.63, 3.8) is 0 Å². The average Bonchev–Trinajstić information content (AvgIpc) is 2.89. The molecular weight excluding hydrogens is 346 g/mol. The second kappa shape index (κ2) is 6.13. The number of rotatable bonds is 3. The summed E-state index contributed by atoms with van der Waals surface area (Å²) in [5.41, 5.74) is 1.52. The van der Waals surface area contributed by atoms with Crippen LogP contribution in [0.5, 0.6) is 0 Å². The molecule has 0 saturated heterocycles. The SMILES string of the molecule is Cc1nn(C(C)(C)C)c(C)c1S(=O)(=O)N(C)c1ccc2ccccc2c1. The van der Waals surface area contributed by atoms with Crippen molar-refractivity contribution >= 4 is 26.5 Å². The molecule has 0 aliphatic heterocycles. The van der Waals surface area contributed by atoms with E-state index in [1.54, 1.807) is 18.7 Å². The zero-order valence-corrected chi connectivity index (χ0v) is 16.9. The first-order chi connectivity index (χ1) is 12.0. The highest BCUT2D eigenvalue weighted by molar-refractivity contribution is 7.92. The third-order valence-electron chi connectivity index (χ3n) is 4.58. The minimum Gasteiger partial charge on any atom is -0.269 e. The van der Waals surface area contributed by atoms with Crippen LogP contribution < -0.4 is 4.31 Å². The van der Waals surface area contributed by atoms with Gasteiger partial charge >= 0.3 is 0 Å². The second-order valence-corrected chi connectivity index (χ2v) is 9.49. The Bertz CT molecular complexity index is 1080. The standard InChI is InChI=1S/C20H25N3O2S/c1-14-19(15(2)23(21-14)20(3,4)5)26(24,25)22(6)18-12-11-16-9-7-8-10-17(16)13-18/h7-13H,1-6H3. The summed E-state index contributed by atoms with van der Waals surface area (Å²) in [5, 5.41) is 6.57. The van der Waals surface area contributed by atoms with Crippen molar-refractivity contribution in [1.82, 2.24) is 9.78 Å². The number of hydrogen-bond donors (Lipinski definition) is 0. The van der Waals surface area contributed by atoms with Gasteiger partial charge in [-0.1, -0.05) is 30.3 Å². The predicted octanol–water partition coefficient (Wildman–Crippen LogP) is 4.23. The van der Waals surface area contributed by atoms with Gasteiger partial charge in [-0.3, -0.25) is 8.99 Å². The normalized spacial score (nSPS) is 12.5. The third-order valence-corrected chi connectivity index (χ3v) is 6.61. The number of sulfonamides is 1. The van der Waals surface area contributed by atoms with Crippen LogP contribution in [0.1, 0.15) is 32.2 Å². The molecule has 3 rings (SSSR count). The van der Waals surface area contributed by atoms with Gasteiger partial charge in [0.05, 0.1) is 22.6 Å². The minimum atomic E-state index is -3.71. The van der Waals surface area contributed by atoms with E-state index < -0.39 is 10.0 Å². The van der Waals surface area contributed by atoms with Gasteiger partial charge in [0.1, 0.15) is 4.90 Å². The van der Waals surface area contributed by atoms with Crippen molar-refractivity contribution in [1.29, 1.82) is 0 Å². The highest BCUT2D eigenvalue weighted by Gasteiger charge is 2.31. The fraction of sp³-hybridized carbons (Fsp3) is 0.350. The van der Waals surface area contributed by atoms with Crippen LogP contribution in [0, 0.1) is 13.8 Å². The van der Waals surface area contributed by atoms with E-state index in [0.29, 0.717) is 17.1 Å². The second-order valence-electron chi connectivity index (χ2n) is 7.59. The van der Waals surface area contributed by atoms with Crippen LogP contribution in [-0.4, -0.2) is 25.2 Å². The molecule has 1 aromatic heterocycles. The molecule has 26 heavy (non-hydrogen) atoms. The molecule has 0 spiro atoms. The lowest BCUT2D eigenvalue weighted by atomic mass is 10.1. The molecule has 0 fully saturated rings. The molecule has 0 bridgehead atoms. The van der Waals surface area contributed by atoms with E-state index in [1.165, 1.54) is 4.31 Å². The molecule has 0 N–H and O–H groups in total. The topological polar surface area (TPSA) is 55.2 Å². The highest BCUT2D eigenvalue weighted by atomic mass is 32.2. The largest absolute Gasteiger partial charge is 0.269 e. The summed E-state index contributed by atoms with van der Waals surface area (Å²) < 4.78 is 29.8. The summed E-state index contributed by atoms with van der Waals surface area (Å²) in [5.74, 6) is 0. The molecule has 0 aliphatic rings. The van der Waals surface area contributed by atoms with E-state index in [1.807, 2.05) is 70.2 Å². The predicted molar refractivity (Wildman–Crippen MR) is 106 cm³/mol. The van der Waals surface area contributed by atoms with Crippen molar-refractivity contribution in [2.45, 2.75) is 45.1 Å². The average molecular weight is 372 g/mol. The van der Waals surface area contributed by atoms with Crippen LogP contribution in [0.2, 0.25) is 0 Å². The minimum absolute atomic E-state index is 0.281. The maximum Gasteiger partial charge on any atom is 0.267 e. The van der Waals surface area contributed by atoms with Crippen molar-refractivity contribution in [3.05, 3.63) is 53.9 Å². The van der Waals surface area contributed by atoms with E-state index in [0.717, 1.165) is 10.8 Å². The van der Waals surface area contributed by atoms with Gasteiger partial charge in [-0.25, -0.2) is 8.42 Å². The van der Waals surface area contributed by atoms with Gasteiger partial charge in [0.2, 0.25) is 0 Å².